The predicted octanol–water partition coefficient (Wildman–Crippen LogP) is 2.98. The highest BCUT2D eigenvalue weighted by atomic mass is 79.9. The molecule has 0 amide bonds. The lowest BCUT2D eigenvalue weighted by Gasteiger charge is -2.37. The first-order chi connectivity index (χ1) is 8.84. The number of hydrogen-bond donors (Lipinski definition) is 1. The first-order valence-electron chi connectivity index (χ1n) is 6.42. The van der Waals surface area contributed by atoms with Gasteiger partial charge in [-0.3, -0.25) is 0 Å². The largest absolute Gasteiger partial charge is 0.398 e. The summed E-state index contributed by atoms with van der Waals surface area (Å²) in [7, 11) is -3.52. The van der Waals surface area contributed by atoms with Gasteiger partial charge in [-0.15, -0.1) is 0 Å². The van der Waals surface area contributed by atoms with Gasteiger partial charge in [-0.2, -0.15) is 4.31 Å². The van der Waals surface area contributed by atoms with E-state index in [2.05, 4.69) is 15.9 Å². The van der Waals surface area contributed by atoms with Crippen LogP contribution >= 0.6 is 15.9 Å². The van der Waals surface area contributed by atoms with Crippen molar-refractivity contribution in [3.63, 3.8) is 0 Å². The molecule has 0 bridgehead atoms. The summed E-state index contributed by atoms with van der Waals surface area (Å²) >= 11 is 3.29. The van der Waals surface area contributed by atoms with E-state index in [0.717, 1.165) is 23.7 Å². The van der Waals surface area contributed by atoms with Crippen LogP contribution in [0.5, 0.6) is 0 Å². The van der Waals surface area contributed by atoms with E-state index >= 15 is 0 Å². The second-order valence-corrected chi connectivity index (χ2v) is 7.87. The average molecular weight is 347 g/mol. The van der Waals surface area contributed by atoms with Gasteiger partial charge in [0.25, 0.3) is 0 Å². The van der Waals surface area contributed by atoms with Crippen molar-refractivity contribution in [2.45, 2.75) is 50.1 Å². The Labute approximate surface area is 123 Å². The standard InChI is InChI=1S/C13H19BrN2O2S/c1-9-4-3-5-10(2)16(9)19(17,18)13-7-6-11(14)8-12(13)15/h6-10H,3-5,15H2,1-2H3/t9-,10+. The molecule has 1 heterocycles. The van der Waals surface area contributed by atoms with Crippen molar-refractivity contribution in [2.24, 2.45) is 0 Å². The van der Waals surface area contributed by atoms with Crippen LogP contribution in [0.2, 0.25) is 0 Å². The number of rotatable bonds is 2. The number of piperidine rings is 1. The minimum atomic E-state index is -3.52. The van der Waals surface area contributed by atoms with Crippen molar-refractivity contribution in [3.05, 3.63) is 22.7 Å². The maximum Gasteiger partial charge on any atom is 0.245 e. The van der Waals surface area contributed by atoms with Gasteiger partial charge in [0.05, 0.1) is 5.69 Å². The molecule has 1 aromatic rings. The molecule has 19 heavy (non-hydrogen) atoms. The summed E-state index contributed by atoms with van der Waals surface area (Å²) in [5.41, 5.74) is 6.16. The lowest BCUT2D eigenvalue weighted by molar-refractivity contribution is 0.204. The minimum Gasteiger partial charge on any atom is -0.398 e. The number of halogens is 1. The monoisotopic (exact) mass is 346 g/mol. The number of benzene rings is 1. The normalized spacial score (nSPS) is 25.4. The molecule has 1 aliphatic heterocycles. The molecule has 6 heteroatoms. The van der Waals surface area contributed by atoms with Crippen LogP contribution in [0.3, 0.4) is 0 Å². The molecule has 106 valence electrons. The molecule has 1 saturated heterocycles. The molecule has 0 aromatic heterocycles. The van der Waals surface area contributed by atoms with Gasteiger partial charge >= 0.3 is 0 Å². The first kappa shape index (κ1) is 14.8. The zero-order valence-corrected chi connectivity index (χ0v) is 13.5. The van der Waals surface area contributed by atoms with Gasteiger partial charge in [0.2, 0.25) is 10.0 Å². The lowest BCUT2D eigenvalue weighted by Crippen LogP contribution is -2.47. The second-order valence-electron chi connectivity index (χ2n) is 5.15. The van der Waals surface area contributed by atoms with Crippen molar-refractivity contribution < 1.29 is 8.42 Å². The summed E-state index contributed by atoms with van der Waals surface area (Å²) in [5, 5.41) is 0. The van der Waals surface area contributed by atoms with Crippen molar-refractivity contribution in [3.8, 4) is 0 Å². The van der Waals surface area contributed by atoms with Crippen LogP contribution in [0.4, 0.5) is 5.69 Å². The van der Waals surface area contributed by atoms with E-state index in [-0.39, 0.29) is 17.0 Å². The molecule has 4 nitrogen and oxygen atoms in total. The Morgan fingerprint density at radius 3 is 2.37 bits per heavy atom. The van der Waals surface area contributed by atoms with E-state index in [1.807, 2.05) is 13.8 Å². The van der Waals surface area contributed by atoms with Crippen molar-refractivity contribution >= 4 is 31.6 Å². The highest BCUT2D eigenvalue weighted by Crippen LogP contribution is 2.32. The van der Waals surface area contributed by atoms with Crippen molar-refractivity contribution in [1.82, 2.24) is 4.31 Å². The van der Waals surface area contributed by atoms with E-state index in [1.165, 1.54) is 0 Å². The maximum absolute atomic E-state index is 12.8. The molecule has 1 aliphatic rings. The number of nitrogens with two attached hydrogens (primary N) is 1. The van der Waals surface area contributed by atoms with E-state index < -0.39 is 10.0 Å². The molecule has 2 rings (SSSR count). The van der Waals surface area contributed by atoms with Crippen LogP contribution < -0.4 is 5.73 Å². The molecule has 2 N–H and O–H groups in total. The third-order valence-corrected chi connectivity index (χ3v) is 6.34. The Hall–Kier alpha value is -0.590. The molecule has 1 aromatic carbocycles. The van der Waals surface area contributed by atoms with Gasteiger partial charge in [0.15, 0.2) is 0 Å². The van der Waals surface area contributed by atoms with E-state index in [4.69, 9.17) is 5.73 Å². The quantitative estimate of drug-likeness (QED) is 0.837. The summed E-state index contributed by atoms with van der Waals surface area (Å²) in [6.45, 7) is 3.92. The molecular weight excluding hydrogens is 328 g/mol. The number of nitrogen functional groups attached to an aromatic ring is 1. The molecule has 0 unspecified atom stereocenters. The fourth-order valence-corrected chi connectivity index (χ4v) is 5.10. The Balaban J connectivity index is 2.46. The number of nitrogens with zero attached hydrogens (tertiary/aromatic N) is 1. The predicted molar refractivity (Wildman–Crippen MR) is 80.4 cm³/mol. The van der Waals surface area contributed by atoms with Crippen molar-refractivity contribution in [1.29, 1.82) is 0 Å². The Morgan fingerprint density at radius 1 is 1.26 bits per heavy atom. The summed E-state index contributed by atoms with van der Waals surface area (Å²) in [4.78, 5) is 0.205. The zero-order valence-electron chi connectivity index (χ0n) is 11.1. The van der Waals surface area contributed by atoms with Crippen LogP contribution in [0.25, 0.3) is 0 Å². The number of anilines is 1. The van der Waals surface area contributed by atoms with Crippen LogP contribution in [0.1, 0.15) is 33.1 Å². The first-order valence-corrected chi connectivity index (χ1v) is 8.66. The van der Waals surface area contributed by atoms with Crippen LogP contribution in [-0.4, -0.2) is 24.8 Å². The Morgan fingerprint density at radius 2 is 1.84 bits per heavy atom. The molecule has 0 saturated carbocycles. The van der Waals surface area contributed by atoms with Crippen molar-refractivity contribution in [2.75, 3.05) is 5.73 Å². The van der Waals surface area contributed by atoms with Crippen LogP contribution in [-0.2, 0) is 10.0 Å². The molecule has 0 radical (unpaired) electrons. The minimum absolute atomic E-state index is 0.0248. The molecule has 1 fully saturated rings. The third kappa shape index (κ3) is 2.80. The summed E-state index contributed by atoms with van der Waals surface area (Å²) < 4.78 is 27.9. The lowest BCUT2D eigenvalue weighted by atomic mass is 10.0. The SMILES string of the molecule is C[C@@H]1CCC[C@H](C)N1S(=O)(=O)c1ccc(Br)cc1N. The topological polar surface area (TPSA) is 63.4 Å². The number of hydrogen-bond acceptors (Lipinski definition) is 3. The number of sulfonamides is 1. The van der Waals surface area contributed by atoms with Gasteiger partial charge in [-0.25, -0.2) is 8.42 Å². The molecule has 0 spiro atoms. The Bertz CT molecular complexity index is 564. The van der Waals surface area contributed by atoms with Crippen LogP contribution in [0.15, 0.2) is 27.6 Å². The van der Waals surface area contributed by atoms with Gasteiger partial charge in [0, 0.05) is 16.6 Å². The van der Waals surface area contributed by atoms with Gasteiger partial charge in [-0.1, -0.05) is 22.4 Å². The van der Waals surface area contributed by atoms with Gasteiger partial charge < -0.3 is 5.73 Å². The Kier molecular flexibility index (Phi) is 4.23. The summed E-state index contributed by atoms with van der Waals surface area (Å²) in [5.74, 6) is 0. The van der Waals surface area contributed by atoms with E-state index in [9.17, 15) is 8.42 Å². The zero-order chi connectivity index (χ0) is 14.2. The van der Waals surface area contributed by atoms with Crippen LogP contribution in [0, 0.1) is 0 Å². The molecule has 0 aliphatic carbocycles. The fraction of sp³-hybridized carbons (Fsp3) is 0.538. The third-order valence-electron chi connectivity index (χ3n) is 3.64. The highest BCUT2D eigenvalue weighted by molar-refractivity contribution is 9.10. The summed E-state index contributed by atoms with van der Waals surface area (Å²) in [6.07, 6.45) is 2.88. The maximum atomic E-state index is 12.8. The second kappa shape index (κ2) is 5.42. The van der Waals surface area contributed by atoms with Gasteiger partial charge in [-0.05, 0) is 44.9 Å². The van der Waals surface area contributed by atoms with E-state index in [1.54, 1.807) is 22.5 Å². The molecular formula is C13H19BrN2O2S. The highest BCUT2D eigenvalue weighted by Gasteiger charge is 2.36. The molecule has 2 atom stereocenters. The average Bonchev–Trinajstić information content (AvgIpc) is 2.27. The summed E-state index contributed by atoms with van der Waals surface area (Å²) in [6, 6.07) is 4.96. The smallest absolute Gasteiger partial charge is 0.245 e. The van der Waals surface area contributed by atoms with E-state index in [0.29, 0.717) is 5.69 Å². The fourth-order valence-electron chi connectivity index (χ4n) is 2.74. The van der Waals surface area contributed by atoms with Gasteiger partial charge in [0.1, 0.15) is 4.90 Å².